The Kier molecular flexibility index (Phi) is 6.88. The molecule has 1 saturated heterocycles. The van der Waals surface area contributed by atoms with Gasteiger partial charge in [-0.25, -0.2) is 0 Å². The van der Waals surface area contributed by atoms with E-state index in [0.717, 1.165) is 29.3 Å². The van der Waals surface area contributed by atoms with Gasteiger partial charge in [-0.3, -0.25) is 14.5 Å². The lowest BCUT2D eigenvalue weighted by Crippen LogP contribution is -2.67. The maximum absolute atomic E-state index is 13.3. The molecule has 2 fully saturated rings. The Labute approximate surface area is 217 Å². The van der Waals surface area contributed by atoms with Crippen LogP contribution in [0.5, 0.6) is 5.75 Å². The number of esters is 1. The second kappa shape index (κ2) is 10.1. The molecule has 1 aliphatic carbocycles. The zero-order valence-corrected chi connectivity index (χ0v) is 21.3. The molecule has 1 aliphatic heterocycles. The molecule has 3 aromatic carbocycles. The van der Waals surface area contributed by atoms with Gasteiger partial charge in [0.25, 0.3) is 5.91 Å². The number of nitrogens with one attached hydrogen (secondary N) is 1. The van der Waals surface area contributed by atoms with E-state index in [1.165, 1.54) is 6.92 Å². The molecule has 2 aliphatic rings. The summed E-state index contributed by atoms with van der Waals surface area (Å²) in [6, 6.07) is 21.2. The van der Waals surface area contributed by atoms with E-state index in [0.29, 0.717) is 43.7 Å². The van der Waals surface area contributed by atoms with Crippen LogP contribution in [0, 0.1) is 0 Å². The second-order valence-electron chi connectivity index (χ2n) is 10.5. The van der Waals surface area contributed by atoms with Crippen LogP contribution >= 0.6 is 0 Å². The van der Waals surface area contributed by atoms with Crippen LogP contribution in [-0.4, -0.2) is 53.2 Å². The van der Waals surface area contributed by atoms with Crippen LogP contribution in [0.15, 0.2) is 79.4 Å². The van der Waals surface area contributed by atoms with E-state index in [-0.39, 0.29) is 17.9 Å². The van der Waals surface area contributed by atoms with Gasteiger partial charge in [0.1, 0.15) is 5.75 Å². The smallest absolute Gasteiger partial charge is 0.308 e. The Morgan fingerprint density at radius 1 is 1.11 bits per heavy atom. The van der Waals surface area contributed by atoms with Crippen molar-refractivity contribution >= 4 is 22.6 Å². The summed E-state index contributed by atoms with van der Waals surface area (Å²) >= 11 is 0. The van der Waals surface area contributed by atoms with Gasteiger partial charge in [0, 0.05) is 37.0 Å². The summed E-state index contributed by atoms with van der Waals surface area (Å²) in [6.07, 6.45) is 4.44. The summed E-state index contributed by atoms with van der Waals surface area (Å²) in [4.78, 5) is 27.1. The molecule has 3 aromatic rings. The van der Waals surface area contributed by atoms with Crippen molar-refractivity contribution in [1.82, 2.24) is 10.2 Å². The second-order valence-corrected chi connectivity index (χ2v) is 10.5. The van der Waals surface area contributed by atoms with Crippen molar-refractivity contribution in [3.05, 3.63) is 90.5 Å². The third kappa shape index (κ3) is 4.91. The van der Waals surface area contributed by atoms with E-state index >= 15 is 0 Å². The van der Waals surface area contributed by atoms with E-state index in [9.17, 15) is 14.7 Å². The van der Waals surface area contributed by atoms with Crippen LogP contribution in [0.2, 0.25) is 0 Å². The fourth-order valence-electron chi connectivity index (χ4n) is 6.34. The molecule has 1 amide bonds. The maximum Gasteiger partial charge on any atom is 0.308 e. The normalized spacial score (nSPS) is 25.7. The molecule has 0 spiro atoms. The van der Waals surface area contributed by atoms with E-state index in [2.05, 4.69) is 16.8 Å². The number of fused-ring (bicyclic) bond motifs is 2. The van der Waals surface area contributed by atoms with Crippen molar-refractivity contribution in [2.24, 2.45) is 0 Å². The first kappa shape index (κ1) is 25.2. The van der Waals surface area contributed by atoms with Crippen LogP contribution < -0.4 is 10.1 Å². The lowest BCUT2D eigenvalue weighted by Gasteiger charge is -2.58. The van der Waals surface area contributed by atoms with Crippen LogP contribution in [0.1, 0.15) is 48.5 Å². The number of β-amino-alcohol motifs (C(OH)–C–C–N with tert-alkyl or cyclic N) is 1. The summed E-state index contributed by atoms with van der Waals surface area (Å²) in [5, 5.41) is 17.5. The molecule has 3 atom stereocenters. The van der Waals surface area contributed by atoms with Crippen LogP contribution in [0.3, 0.4) is 0 Å². The molecule has 0 unspecified atom stereocenters. The van der Waals surface area contributed by atoms with Crippen molar-refractivity contribution < 1.29 is 19.4 Å². The van der Waals surface area contributed by atoms with Crippen molar-refractivity contribution in [2.75, 3.05) is 19.6 Å². The summed E-state index contributed by atoms with van der Waals surface area (Å²) in [7, 11) is 0. The number of amides is 1. The molecule has 2 N–H and O–H groups in total. The highest BCUT2D eigenvalue weighted by molar-refractivity contribution is 5.98. The summed E-state index contributed by atoms with van der Waals surface area (Å²) in [6.45, 7) is 7.30. The fraction of sp³-hybridized carbons (Fsp3) is 0.355. The standard InChI is InChI=1S/C31H34N2O4/c1-3-16-33-17-15-30(26-9-6-10-28(19-26)37-22(2)34)20-27(13-14-31(30,36)21-33)32-29(35)25-12-11-23-7-4-5-8-24(23)18-25/h3-12,18-19,27,36H,1,13-17,20-21H2,2H3,(H,32,35)/t27-,30-,31-/m0/s1. The number of piperidine rings is 1. The van der Waals surface area contributed by atoms with Gasteiger partial charge in [-0.05, 0) is 72.8 Å². The molecular weight excluding hydrogens is 464 g/mol. The lowest BCUT2D eigenvalue weighted by atomic mass is 9.55. The number of benzene rings is 3. The van der Waals surface area contributed by atoms with Gasteiger partial charge in [-0.2, -0.15) is 0 Å². The first-order chi connectivity index (χ1) is 17.8. The molecule has 6 heteroatoms. The number of carbonyl (C=O) groups excluding carboxylic acids is 2. The van der Waals surface area contributed by atoms with Crippen molar-refractivity contribution in [2.45, 2.75) is 49.7 Å². The first-order valence-corrected chi connectivity index (χ1v) is 13.0. The summed E-state index contributed by atoms with van der Waals surface area (Å²) in [5.74, 6) is -0.0125. The van der Waals surface area contributed by atoms with Gasteiger partial charge in [-0.1, -0.05) is 48.5 Å². The van der Waals surface area contributed by atoms with Crippen LogP contribution in [0.4, 0.5) is 0 Å². The van der Waals surface area contributed by atoms with Gasteiger partial charge in [0.05, 0.1) is 5.60 Å². The van der Waals surface area contributed by atoms with E-state index in [1.807, 2.05) is 66.7 Å². The molecule has 6 nitrogen and oxygen atoms in total. The molecule has 37 heavy (non-hydrogen) atoms. The average molecular weight is 499 g/mol. The molecule has 1 heterocycles. The number of nitrogens with zero attached hydrogens (tertiary/aromatic N) is 1. The number of hydrogen-bond acceptors (Lipinski definition) is 5. The topological polar surface area (TPSA) is 78.9 Å². The molecule has 0 bridgehead atoms. The molecule has 1 saturated carbocycles. The Morgan fingerprint density at radius 3 is 2.70 bits per heavy atom. The minimum Gasteiger partial charge on any atom is -0.427 e. The molecule has 0 radical (unpaired) electrons. The molecule has 192 valence electrons. The van der Waals surface area contributed by atoms with E-state index in [1.54, 1.807) is 6.07 Å². The predicted molar refractivity (Wildman–Crippen MR) is 145 cm³/mol. The monoisotopic (exact) mass is 498 g/mol. The largest absolute Gasteiger partial charge is 0.427 e. The highest BCUT2D eigenvalue weighted by Gasteiger charge is 2.57. The van der Waals surface area contributed by atoms with E-state index < -0.39 is 11.0 Å². The van der Waals surface area contributed by atoms with Gasteiger partial charge in [0.15, 0.2) is 0 Å². The average Bonchev–Trinajstić information content (AvgIpc) is 2.88. The minimum absolute atomic E-state index is 0.0948. The fourth-order valence-corrected chi connectivity index (χ4v) is 6.34. The van der Waals surface area contributed by atoms with Gasteiger partial charge < -0.3 is 15.2 Å². The number of hydrogen-bond donors (Lipinski definition) is 2. The molecular formula is C31H34N2O4. The summed E-state index contributed by atoms with van der Waals surface area (Å²) in [5.41, 5.74) is 0.0103. The SMILES string of the molecule is C=CCN1CC[C@@]2(c3cccc(OC(C)=O)c3)C[C@@H](NC(=O)c3ccc4ccccc4c3)CC[C@]2(O)C1. The third-order valence-corrected chi connectivity index (χ3v) is 8.11. The van der Waals surface area contributed by atoms with Crippen molar-refractivity contribution in [3.63, 3.8) is 0 Å². The van der Waals surface area contributed by atoms with Gasteiger partial charge >= 0.3 is 5.97 Å². The highest BCUT2D eigenvalue weighted by Crippen LogP contribution is 2.52. The van der Waals surface area contributed by atoms with E-state index in [4.69, 9.17) is 4.74 Å². The zero-order valence-electron chi connectivity index (χ0n) is 21.3. The summed E-state index contributed by atoms with van der Waals surface area (Å²) < 4.78 is 5.39. The minimum atomic E-state index is -0.979. The Hall–Kier alpha value is -3.48. The Balaban J connectivity index is 1.44. The quantitative estimate of drug-likeness (QED) is 0.295. The molecule has 0 aromatic heterocycles. The number of carbonyl (C=O) groups is 2. The lowest BCUT2D eigenvalue weighted by molar-refractivity contribution is -0.131. The maximum atomic E-state index is 13.3. The third-order valence-electron chi connectivity index (χ3n) is 8.11. The Bertz CT molecular complexity index is 1340. The predicted octanol–water partition coefficient (Wildman–Crippen LogP) is 4.61. The first-order valence-electron chi connectivity index (χ1n) is 13.0. The zero-order chi connectivity index (χ0) is 26.0. The van der Waals surface area contributed by atoms with Crippen molar-refractivity contribution in [3.8, 4) is 5.75 Å². The number of rotatable bonds is 6. The highest BCUT2D eigenvalue weighted by atomic mass is 16.5. The number of likely N-dealkylation sites (tertiary alicyclic amines) is 1. The van der Waals surface area contributed by atoms with Crippen LogP contribution in [0.25, 0.3) is 10.8 Å². The Morgan fingerprint density at radius 2 is 1.92 bits per heavy atom. The number of ether oxygens (including phenoxy) is 1. The van der Waals surface area contributed by atoms with Gasteiger partial charge in [-0.15, -0.1) is 6.58 Å². The number of aliphatic hydroxyl groups is 1. The van der Waals surface area contributed by atoms with Gasteiger partial charge in [0.2, 0.25) is 0 Å². The van der Waals surface area contributed by atoms with Crippen molar-refractivity contribution in [1.29, 1.82) is 0 Å². The van der Waals surface area contributed by atoms with Crippen LogP contribution in [-0.2, 0) is 10.2 Å². The molecule has 5 rings (SSSR count).